The summed E-state index contributed by atoms with van der Waals surface area (Å²) in [5.41, 5.74) is -1.37. The number of hydrogen-bond acceptors (Lipinski definition) is 1. The number of halogens is 1. The molecule has 0 spiro atoms. The summed E-state index contributed by atoms with van der Waals surface area (Å²) in [6, 6.07) is 0. The third-order valence-electron chi connectivity index (χ3n) is 3.25. The summed E-state index contributed by atoms with van der Waals surface area (Å²) < 4.78 is 13.8. The van der Waals surface area contributed by atoms with Crippen LogP contribution in [0.15, 0.2) is 0 Å². The quantitative estimate of drug-likeness (QED) is 0.760. The van der Waals surface area contributed by atoms with Crippen molar-refractivity contribution in [3.05, 3.63) is 0 Å². The van der Waals surface area contributed by atoms with E-state index in [1.165, 1.54) is 13.8 Å². The van der Waals surface area contributed by atoms with E-state index < -0.39 is 11.6 Å². The molecule has 0 saturated heterocycles. The molecule has 0 aromatic carbocycles. The Labute approximate surface area is 84.5 Å². The molecule has 2 nitrogen and oxygen atoms in total. The molecule has 0 amide bonds. The Morgan fingerprint density at radius 1 is 1.50 bits per heavy atom. The first kappa shape index (κ1) is 11.5. The maximum absolute atomic E-state index is 13.8. The van der Waals surface area contributed by atoms with Gasteiger partial charge in [0.2, 0.25) is 0 Å². The molecule has 0 aromatic rings. The number of aliphatic carboxylic acids is 1. The van der Waals surface area contributed by atoms with Crippen LogP contribution < -0.4 is 0 Å². The van der Waals surface area contributed by atoms with Crippen LogP contribution in [0.2, 0.25) is 0 Å². The molecule has 14 heavy (non-hydrogen) atoms. The molecule has 0 heterocycles. The smallest absolute Gasteiger partial charge is 0.303 e. The fraction of sp³-hybridized carbons (Fsp3) is 0.909. The van der Waals surface area contributed by atoms with E-state index in [1.54, 1.807) is 0 Å². The van der Waals surface area contributed by atoms with E-state index in [4.69, 9.17) is 5.11 Å². The largest absolute Gasteiger partial charge is 0.481 e. The van der Waals surface area contributed by atoms with E-state index in [-0.39, 0.29) is 18.3 Å². The second-order valence-corrected chi connectivity index (χ2v) is 4.81. The molecule has 1 unspecified atom stereocenters. The van der Waals surface area contributed by atoms with E-state index in [0.717, 1.165) is 25.7 Å². The third-order valence-corrected chi connectivity index (χ3v) is 3.25. The predicted octanol–water partition coefficient (Wildman–Crippen LogP) is 3.02. The van der Waals surface area contributed by atoms with Crippen LogP contribution in [-0.2, 0) is 4.79 Å². The molecule has 1 saturated carbocycles. The summed E-state index contributed by atoms with van der Waals surface area (Å²) in [6.45, 7) is 3.00. The zero-order chi connectivity index (χ0) is 10.8. The zero-order valence-corrected chi connectivity index (χ0v) is 8.92. The minimum atomic E-state index is -1.37. The normalized spacial score (nSPS) is 21.1. The van der Waals surface area contributed by atoms with Crippen molar-refractivity contribution in [3.8, 4) is 0 Å². The van der Waals surface area contributed by atoms with Gasteiger partial charge in [0.05, 0.1) is 6.42 Å². The average Bonchev–Trinajstić information content (AvgIpc) is 2.49. The van der Waals surface area contributed by atoms with Crippen LogP contribution in [0.25, 0.3) is 0 Å². The number of hydrogen-bond donors (Lipinski definition) is 1. The van der Waals surface area contributed by atoms with Crippen LogP contribution in [0.5, 0.6) is 0 Å². The Hall–Kier alpha value is -0.600. The first-order chi connectivity index (χ1) is 6.41. The lowest BCUT2D eigenvalue weighted by atomic mass is 9.78. The molecule has 1 N–H and O–H groups in total. The molecule has 1 aliphatic carbocycles. The molecule has 3 heteroatoms. The van der Waals surface area contributed by atoms with Crippen molar-refractivity contribution in [2.75, 3.05) is 0 Å². The van der Waals surface area contributed by atoms with Gasteiger partial charge >= 0.3 is 5.97 Å². The molecule has 0 aliphatic heterocycles. The van der Waals surface area contributed by atoms with Crippen molar-refractivity contribution in [1.82, 2.24) is 0 Å². The molecular weight excluding hydrogens is 183 g/mol. The fourth-order valence-corrected chi connectivity index (χ4v) is 2.52. The lowest BCUT2D eigenvalue weighted by Crippen LogP contribution is -2.33. The lowest BCUT2D eigenvalue weighted by molar-refractivity contribution is -0.140. The molecule has 1 atom stereocenters. The van der Waals surface area contributed by atoms with Gasteiger partial charge in [0.25, 0.3) is 0 Å². The molecule has 1 fully saturated rings. The molecule has 1 rings (SSSR count). The van der Waals surface area contributed by atoms with E-state index in [0.29, 0.717) is 0 Å². The first-order valence-corrected chi connectivity index (χ1v) is 5.32. The van der Waals surface area contributed by atoms with Crippen molar-refractivity contribution < 1.29 is 14.3 Å². The van der Waals surface area contributed by atoms with Crippen LogP contribution in [0, 0.1) is 11.8 Å². The van der Waals surface area contributed by atoms with Crippen LogP contribution in [0.3, 0.4) is 0 Å². The second kappa shape index (κ2) is 4.28. The van der Waals surface area contributed by atoms with Crippen molar-refractivity contribution in [1.29, 1.82) is 0 Å². The van der Waals surface area contributed by atoms with Gasteiger partial charge in [-0.15, -0.1) is 0 Å². The van der Waals surface area contributed by atoms with Gasteiger partial charge in [-0.1, -0.05) is 25.7 Å². The summed E-state index contributed by atoms with van der Waals surface area (Å²) in [4.78, 5) is 10.6. The summed E-state index contributed by atoms with van der Waals surface area (Å²) >= 11 is 0. The molecule has 0 aromatic heterocycles. The first-order valence-electron chi connectivity index (χ1n) is 5.32. The summed E-state index contributed by atoms with van der Waals surface area (Å²) in [6.07, 6.45) is 4.19. The third kappa shape index (κ3) is 2.96. The highest BCUT2D eigenvalue weighted by atomic mass is 19.1. The van der Waals surface area contributed by atoms with E-state index in [1.807, 2.05) is 0 Å². The highest BCUT2D eigenvalue weighted by Gasteiger charge is 2.38. The highest BCUT2D eigenvalue weighted by molar-refractivity contribution is 5.67. The van der Waals surface area contributed by atoms with Crippen molar-refractivity contribution >= 4 is 5.97 Å². The Morgan fingerprint density at radius 3 is 2.36 bits per heavy atom. The van der Waals surface area contributed by atoms with E-state index in [2.05, 4.69) is 0 Å². The van der Waals surface area contributed by atoms with E-state index in [9.17, 15) is 9.18 Å². The standard InChI is InChI=1S/C11H19FO2/c1-11(2,12)9(7-10(13)14)8-5-3-4-6-8/h8-9H,3-7H2,1-2H3,(H,13,14). The molecular formula is C11H19FO2. The monoisotopic (exact) mass is 202 g/mol. The van der Waals surface area contributed by atoms with Crippen LogP contribution in [-0.4, -0.2) is 16.7 Å². The number of carboxylic acid groups (broad SMARTS) is 1. The topological polar surface area (TPSA) is 37.3 Å². The molecule has 82 valence electrons. The highest BCUT2D eigenvalue weighted by Crippen LogP contribution is 2.40. The maximum atomic E-state index is 13.8. The van der Waals surface area contributed by atoms with Crippen LogP contribution in [0.4, 0.5) is 4.39 Å². The van der Waals surface area contributed by atoms with Crippen molar-refractivity contribution in [2.24, 2.45) is 11.8 Å². The fourth-order valence-electron chi connectivity index (χ4n) is 2.52. The van der Waals surface area contributed by atoms with Crippen molar-refractivity contribution in [2.45, 2.75) is 51.6 Å². The predicted molar refractivity (Wildman–Crippen MR) is 52.9 cm³/mol. The van der Waals surface area contributed by atoms with Gasteiger partial charge in [-0.05, 0) is 19.8 Å². The summed E-state index contributed by atoms with van der Waals surface area (Å²) in [5.74, 6) is -0.929. The minimum absolute atomic E-state index is 0.0336. The molecule has 1 aliphatic rings. The summed E-state index contributed by atoms with van der Waals surface area (Å²) in [7, 11) is 0. The Kier molecular flexibility index (Phi) is 3.51. The van der Waals surface area contributed by atoms with Gasteiger partial charge in [0.15, 0.2) is 0 Å². The van der Waals surface area contributed by atoms with Crippen molar-refractivity contribution in [3.63, 3.8) is 0 Å². The maximum Gasteiger partial charge on any atom is 0.303 e. The number of rotatable bonds is 4. The minimum Gasteiger partial charge on any atom is -0.481 e. The second-order valence-electron chi connectivity index (χ2n) is 4.81. The number of carboxylic acids is 1. The summed E-state index contributed by atoms with van der Waals surface area (Å²) in [5, 5.41) is 8.74. The SMILES string of the molecule is CC(C)(F)C(CC(=O)O)C1CCCC1. The van der Waals surface area contributed by atoms with Gasteiger partial charge in [-0.3, -0.25) is 4.79 Å². The molecule has 0 radical (unpaired) electrons. The van der Waals surface area contributed by atoms with Gasteiger partial charge in [0, 0.05) is 5.92 Å². The lowest BCUT2D eigenvalue weighted by Gasteiger charge is -2.30. The molecule has 0 bridgehead atoms. The van der Waals surface area contributed by atoms with Gasteiger partial charge in [-0.2, -0.15) is 0 Å². The van der Waals surface area contributed by atoms with Gasteiger partial charge in [-0.25, -0.2) is 4.39 Å². The number of alkyl halides is 1. The number of carbonyl (C=O) groups is 1. The Morgan fingerprint density at radius 2 is 2.00 bits per heavy atom. The zero-order valence-electron chi connectivity index (χ0n) is 8.92. The van der Waals surface area contributed by atoms with Crippen LogP contribution in [0.1, 0.15) is 46.0 Å². The van der Waals surface area contributed by atoms with Crippen LogP contribution >= 0.6 is 0 Å². The van der Waals surface area contributed by atoms with E-state index >= 15 is 0 Å². The Balaban J connectivity index is 2.65. The van der Waals surface area contributed by atoms with Gasteiger partial charge < -0.3 is 5.11 Å². The Bertz CT molecular complexity index is 202. The average molecular weight is 202 g/mol. The van der Waals surface area contributed by atoms with Gasteiger partial charge in [0.1, 0.15) is 5.67 Å².